The minimum atomic E-state index is -0.973. The van der Waals surface area contributed by atoms with E-state index in [1.165, 1.54) is 11.6 Å². The lowest BCUT2D eigenvalue weighted by Crippen LogP contribution is -1.98. The van der Waals surface area contributed by atoms with Crippen LogP contribution in [-0.2, 0) is 4.79 Å². The molecule has 0 spiro atoms. The van der Waals surface area contributed by atoms with Gasteiger partial charge in [-0.1, -0.05) is 67.1 Å². The van der Waals surface area contributed by atoms with Gasteiger partial charge in [0.25, 0.3) is 0 Å². The van der Waals surface area contributed by atoms with Gasteiger partial charge in [0, 0.05) is 6.08 Å². The second-order valence-electron chi connectivity index (χ2n) is 7.33. The monoisotopic (exact) mass is 400 g/mol. The molecule has 0 aliphatic rings. The summed E-state index contributed by atoms with van der Waals surface area (Å²) >= 11 is 0. The number of carboxylic acids is 1. The van der Waals surface area contributed by atoms with Crippen LogP contribution in [0.2, 0.25) is 0 Å². The normalized spacial score (nSPS) is 12.1. The van der Waals surface area contributed by atoms with Crippen molar-refractivity contribution in [3.8, 4) is 0 Å². The van der Waals surface area contributed by atoms with Gasteiger partial charge >= 0.3 is 5.97 Å². The predicted molar refractivity (Wildman–Crippen MR) is 122 cm³/mol. The summed E-state index contributed by atoms with van der Waals surface area (Å²) in [5.41, 5.74) is 8.30. The first-order chi connectivity index (χ1) is 14.4. The number of carbonyl (C=O) groups is 1. The molecule has 0 heterocycles. The van der Waals surface area contributed by atoms with Crippen molar-refractivity contribution < 1.29 is 14.3 Å². The van der Waals surface area contributed by atoms with E-state index in [-0.39, 0.29) is 5.82 Å². The third-order valence-corrected chi connectivity index (χ3v) is 5.13. The van der Waals surface area contributed by atoms with Gasteiger partial charge in [-0.15, -0.1) is 0 Å². The Morgan fingerprint density at radius 3 is 2.07 bits per heavy atom. The van der Waals surface area contributed by atoms with Crippen LogP contribution >= 0.6 is 0 Å². The number of allylic oxidation sites excluding steroid dienone is 1. The number of aryl methyl sites for hydroxylation is 2. The molecule has 152 valence electrons. The Balaban J connectivity index is 2.21. The summed E-state index contributed by atoms with van der Waals surface area (Å²) < 4.78 is 13.7. The van der Waals surface area contributed by atoms with E-state index in [0.29, 0.717) is 0 Å². The quantitative estimate of drug-likeness (QED) is 0.361. The third-order valence-electron chi connectivity index (χ3n) is 5.13. The Kier molecular flexibility index (Phi) is 6.63. The first-order valence-electron chi connectivity index (χ1n) is 9.97. The van der Waals surface area contributed by atoms with Crippen molar-refractivity contribution in [1.29, 1.82) is 0 Å². The lowest BCUT2D eigenvalue weighted by molar-refractivity contribution is -0.131. The van der Waals surface area contributed by atoms with Gasteiger partial charge in [-0.2, -0.15) is 0 Å². The van der Waals surface area contributed by atoms with Gasteiger partial charge in [-0.05, 0) is 77.4 Å². The topological polar surface area (TPSA) is 37.3 Å². The average Bonchev–Trinajstić information content (AvgIpc) is 2.72. The zero-order valence-corrected chi connectivity index (χ0v) is 17.4. The van der Waals surface area contributed by atoms with E-state index in [1.807, 2.05) is 37.3 Å². The fourth-order valence-electron chi connectivity index (χ4n) is 3.63. The molecule has 0 fully saturated rings. The minimum Gasteiger partial charge on any atom is -0.478 e. The van der Waals surface area contributed by atoms with Crippen molar-refractivity contribution in [2.45, 2.75) is 27.2 Å². The molecule has 0 saturated heterocycles. The summed E-state index contributed by atoms with van der Waals surface area (Å²) in [6, 6.07) is 21.1. The Labute approximate surface area is 177 Å². The van der Waals surface area contributed by atoms with Crippen LogP contribution in [0, 0.1) is 19.7 Å². The average molecular weight is 400 g/mol. The smallest absolute Gasteiger partial charge is 0.328 e. The third kappa shape index (κ3) is 4.93. The molecular formula is C27H25FO2. The fourth-order valence-corrected chi connectivity index (χ4v) is 3.63. The van der Waals surface area contributed by atoms with Crippen molar-refractivity contribution in [2.75, 3.05) is 0 Å². The highest BCUT2D eigenvalue weighted by Gasteiger charge is 2.15. The number of halogens is 1. The summed E-state index contributed by atoms with van der Waals surface area (Å²) in [7, 11) is 0. The zero-order valence-electron chi connectivity index (χ0n) is 17.4. The summed E-state index contributed by atoms with van der Waals surface area (Å²) in [6.07, 6.45) is 3.49. The molecule has 1 N–H and O–H groups in total. The lowest BCUT2D eigenvalue weighted by Gasteiger charge is -2.18. The van der Waals surface area contributed by atoms with E-state index in [2.05, 4.69) is 38.1 Å². The molecule has 30 heavy (non-hydrogen) atoms. The van der Waals surface area contributed by atoms with E-state index in [9.17, 15) is 9.18 Å². The van der Waals surface area contributed by atoms with Crippen LogP contribution in [0.15, 0.2) is 72.8 Å². The van der Waals surface area contributed by atoms with E-state index in [4.69, 9.17) is 5.11 Å². The second-order valence-corrected chi connectivity index (χ2v) is 7.33. The van der Waals surface area contributed by atoms with Gasteiger partial charge in [0.1, 0.15) is 5.82 Å². The zero-order chi connectivity index (χ0) is 21.7. The van der Waals surface area contributed by atoms with E-state index in [1.54, 1.807) is 12.1 Å². The molecule has 0 saturated carbocycles. The molecule has 3 heteroatoms. The van der Waals surface area contributed by atoms with E-state index in [0.717, 1.165) is 51.5 Å². The molecule has 0 aromatic heterocycles. The lowest BCUT2D eigenvalue weighted by atomic mass is 9.86. The molecular weight excluding hydrogens is 375 g/mol. The summed E-state index contributed by atoms with van der Waals surface area (Å²) in [4.78, 5) is 10.8. The fraction of sp³-hybridized carbons (Fsp3) is 0.148. The maximum absolute atomic E-state index is 13.7. The van der Waals surface area contributed by atoms with Crippen molar-refractivity contribution in [3.05, 3.63) is 112 Å². The van der Waals surface area contributed by atoms with Gasteiger partial charge in [0.2, 0.25) is 0 Å². The largest absolute Gasteiger partial charge is 0.478 e. The van der Waals surface area contributed by atoms with Crippen molar-refractivity contribution in [1.82, 2.24) is 0 Å². The molecule has 0 aliphatic heterocycles. The Morgan fingerprint density at radius 2 is 1.53 bits per heavy atom. The second kappa shape index (κ2) is 9.36. The first kappa shape index (κ1) is 21.3. The molecule has 3 aromatic rings. The minimum absolute atomic E-state index is 0.238. The van der Waals surface area contributed by atoms with Gasteiger partial charge < -0.3 is 5.11 Å². The van der Waals surface area contributed by atoms with Crippen LogP contribution in [0.4, 0.5) is 4.39 Å². The SMILES string of the molecule is CC/C(=C(\c1ccc(C)cc1)c1ccc(/C=C/C(=O)O)cc1)c1ccc(F)cc1C. The molecule has 2 nitrogen and oxygen atoms in total. The van der Waals surface area contributed by atoms with Crippen LogP contribution < -0.4 is 0 Å². The van der Waals surface area contributed by atoms with E-state index >= 15 is 0 Å². The first-order valence-corrected chi connectivity index (χ1v) is 9.97. The van der Waals surface area contributed by atoms with Crippen molar-refractivity contribution in [3.63, 3.8) is 0 Å². The van der Waals surface area contributed by atoms with Gasteiger partial charge in [-0.25, -0.2) is 9.18 Å². The molecule has 0 radical (unpaired) electrons. The molecule has 0 bridgehead atoms. The van der Waals surface area contributed by atoms with Crippen LogP contribution in [0.1, 0.15) is 46.7 Å². The standard InChI is InChI=1S/C27H25FO2/c1-4-24(25-15-14-23(28)17-19(25)3)27(21-10-5-18(2)6-11-21)22-12-7-20(8-13-22)9-16-26(29)30/h5-17H,4H2,1-3H3,(H,29,30)/b16-9+,27-24-. The van der Waals surface area contributed by atoms with Gasteiger partial charge in [-0.3, -0.25) is 0 Å². The molecule has 0 unspecified atom stereocenters. The van der Waals surface area contributed by atoms with Gasteiger partial charge in [0.05, 0.1) is 0 Å². The van der Waals surface area contributed by atoms with Crippen LogP contribution in [0.3, 0.4) is 0 Å². The van der Waals surface area contributed by atoms with Crippen LogP contribution in [0.5, 0.6) is 0 Å². The van der Waals surface area contributed by atoms with Crippen LogP contribution in [-0.4, -0.2) is 11.1 Å². The maximum atomic E-state index is 13.7. The number of hydrogen-bond donors (Lipinski definition) is 1. The van der Waals surface area contributed by atoms with Gasteiger partial charge in [0.15, 0.2) is 0 Å². The van der Waals surface area contributed by atoms with Crippen LogP contribution in [0.25, 0.3) is 17.2 Å². The summed E-state index contributed by atoms with van der Waals surface area (Å²) in [5.74, 6) is -1.21. The molecule has 3 rings (SSSR count). The summed E-state index contributed by atoms with van der Waals surface area (Å²) in [5, 5.41) is 8.84. The highest BCUT2D eigenvalue weighted by molar-refractivity contribution is 5.99. The Morgan fingerprint density at radius 1 is 0.933 bits per heavy atom. The summed E-state index contributed by atoms with van der Waals surface area (Å²) in [6.45, 7) is 6.10. The molecule has 3 aromatic carbocycles. The van der Waals surface area contributed by atoms with Crippen molar-refractivity contribution >= 4 is 23.2 Å². The molecule has 0 amide bonds. The number of benzene rings is 3. The highest BCUT2D eigenvalue weighted by atomic mass is 19.1. The predicted octanol–water partition coefficient (Wildman–Crippen LogP) is 6.91. The van der Waals surface area contributed by atoms with Crippen molar-refractivity contribution in [2.24, 2.45) is 0 Å². The van der Waals surface area contributed by atoms with E-state index < -0.39 is 5.97 Å². The maximum Gasteiger partial charge on any atom is 0.328 e. The number of rotatable bonds is 6. The number of hydrogen-bond acceptors (Lipinski definition) is 1. The number of aliphatic carboxylic acids is 1. The Hall–Kier alpha value is -3.46. The Bertz CT molecular complexity index is 1100. The highest BCUT2D eigenvalue weighted by Crippen LogP contribution is 2.36. The number of carboxylic acid groups (broad SMARTS) is 1. The molecule has 0 atom stereocenters. The molecule has 0 aliphatic carbocycles.